The molecule has 1 aromatic heterocycles. The topological polar surface area (TPSA) is 88.9 Å². The monoisotopic (exact) mass is 307 g/mol. The number of aryl methyl sites for hydroxylation is 2. The van der Waals surface area contributed by atoms with Crippen molar-refractivity contribution in [3.63, 3.8) is 0 Å². The van der Waals surface area contributed by atoms with Crippen molar-refractivity contribution in [1.82, 2.24) is 19.5 Å². The Labute approximate surface area is 123 Å². The molecule has 3 rings (SSSR count). The number of anilines is 1. The van der Waals surface area contributed by atoms with Gasteiger partial charge >= 0.3 is 0 Å². The molecule has 1 aromatic carbocycles. The van der Waals surface area contributed by atoms with Crippen LogP contribution in [0.1, 0.15) is 17.8 Å². The van der Waals surface area contributed by atoms with Gasteiger partial charge in [0.15, 0.2) is 0 Å². The summed E-state index contributed by atoms with van der Waals surface area (Å²) in [7, 11) is -1.79. The fourth-order valence-electron chi connectivity index (χ4n) is 2.32. The van der Waals surface area contributed by atoms with Crippen LogP contribution in [0.4, 0.5) is 5.69 Å². The molecule has 1 aliphatic heterocycles. The molecule has 0 atom stereocenters. The van der Waals surface area contributed by atoms with Gasteiger partial charge in [-0.2, -0.15) is 0 Å². The Bertz CT molecular complexity index is 754. The molecule has 0 unspecified atom stereocenters. The van der Waals surface area contributed by atoms with Gasteiger partial charge in [-0.05, 0) is 30.5 Å². The molecule has 2 heterocycles. The molecule has 21 heavy (non-hydrogen) atoms. The first-order chi connectivity index (χ1) is 10.1. The highest BCUT2D eigenvalue weighted by atomic mass is 32.2. The number of sulfonamides is 1. The minimum atomic E-state index is -3.56. The van der Waals surface area contributed by atoms with Gasteiger partial charge < -0.3 is 9.88 Å². The van der Waals surface area contributed by atoms with Gasteiger partial charge in [0, 0.05) is 19.3 Å². The van der Waals surface area contributed by atoms with E-state index in [1.165, 1.54) is 6.33 Å². The van der Waals surface area contributed by atoms with E-state index in [1.807, 2.05) is 6.07 Å². The second-order valence-corrected chi connectivity index (χ2v) is 6.80. The molecule has 0 aliphatic carbocycles. The van der Waals surface area contributed by atoms with Gasteiger partial charge in [-0.1, -0.05) is 6.07 Å². The average molecular weight is 307 g/mol. The zero-order chi connectivity index (χ0) is 14.9. The highest BCUT2D eigenvalue weighted by molar-refractivity contribution is 7.89. The smallest absolute Gasteiger partial charge is 0.241 e. The predicted molar refractivity (Wildman–Crippen MR) is 78.3 cm³/mol. The predicted octanol–water partition coefficient (Wildman–Crippen LogP) is 0.652. The normalized spacial score (nSPS) is 14.5. The number of benzene rings is 1. The third-order valence-corrected chi connectivity index (χ3v) is 4.95. The van der Waals surface area contributed by atoms with E-state index in [-0.39, 0.29) is 11.4 Å². The number of hydrogen-bond donors (Lipinski definition) is 2. The molecular weight excluding hydrogens is 290 g/mol. The third kappa shape index (κ3) is 2.91. The molecular formula is C13H17N5O2S. The van der Waals surface area contributed by atoms with Crippen LogP contribution in [0.2, 0.25) is 0 Å². The van der Waals surface area contributed by atoms with Crippen LogP contribution in [-0.4, -0.2) is 29.7 Å². The van der Waals surface area contributed by atoms with Crippen molar-refractivity contribution in [1.29, 1.82) is 0 Å². The van der Waals surface area contributed by atoms with Crippen molar-refractivity contribution < 1.29 is 8.42 Å². The lowest BCUT2D eigenvalue weighted by Gasteiger charge is -2.18. The summed E-state index contributed by atoms with van der Waals surface area (Å²) in [4.78, 5) is 0.262. The van der Waals surface area contributed by atoms with Crippen molar-refractivity contribution in [3.05, 3.63) is 35.9 Å². The van der Waals surface area contributed by atoms with Crippen LogP contribution in [0.15, 0.2) is 29.4 Å². The molecule has 2 aromatic rings. The number of nitrogens with zero attached hydrogens (tertiary/aromatic N) is 3. The molecule has 1 aliphatic rings. The minimum Gasteiger partial charge on any atom is -0.385 e. The Morgan fingerprint density at radius 3 is 3.05 bits per heavy atom. The fraction of sp³-hybridized carbons (Fsp3) is 0.385. The summed E-state index contributed by atoms with van der Waals surface area (Å²) in [6.45, 7) is 0.992. The summed E-state index contributed by atoms with van der Waals surface area (Å²) in [6, 6.07) is 5.21. The Balaban J connectivity index is 1.80. The maximum absolute atomic E-state index is 12.3. The summed E-state index contributed by atoms with van der Waals surface area (Å²) < 4.78 is 28.9. The lowest BCUT2D eigenvalue weighted by atomic mass is 10.0. The zero-order valence-corrected chi connectivity index (χ0v) is 12.5. The van der Waals surface area contributed by atoms with Crippen molar-refractivity contribution >= 4 is 15.7 Å². The second-order valence-electron chi connectivity index (χ2n) is 5.03. The van der Waals surface area contributed by atoms with Gasteiger partial charge in [-0.3, -0.25) is 0 Å². The number of hydrogen-bond acceptors (Lipinski definition) is 5. The quantitative estimate of drug-likeness (QED) is 0.866. The number of nitrogens with one attached hydrogen (secondary N) is 2. The Hall–Kier alpha value is -1.93. The highest BCUT2D eigenvalue weighted by Crippen LogP contribution is 2.25. The SMILES string of the molecule is Cn1cnnc1CNS(=O)(=O)c1ccc2c(c1)NCCC2. The molecule has 0 saturated carbocycles. The van der Waals surface area contributed by atoms with E-state index in [0.29, 0.717) is 5.82 Å². The summed E-state index contributed by atoms with van der Waals surface area (Å²) in [6.07, 6.45) is 3.59. The van der Waals surface area contributed by atoms with E-state index < -0.39 is 10.0 Å². The summed E-state index contributed by atoms with van der Waals surface area (Å²) in [5.41, 5.74) is 2.07. The van der Waals surface area contributed by atoms with E-state index in [4.69, 9.17) is 0 Å². The number of rotatable bonds is 4. The number of aromatic nitrogens is 3. The van der Waals surface area contributed by atoms with Crippen LogP contribution < -0.4 is 10.0 Å². The first kappa shape index (κ1) is 14.0. The molecule has 0 amide bonds. The van der Waals surface area contributed by atoms with E-state index in [2.05, 4.69) is 20.2 Å². The molecule has 112 valence electrons. The second kappa shape index (κ2) is 5.45. The van der Waals surface area contributed by atoms with Crippen LogP contribution in [0.25, 0.3) is 0 Å². The van der Waals surface area contributed by atoms with Crippen LogP contribution in [0.5, 0.6) is 0 Å². The molecule has 2 N–H and O–H groups in total. The summed E-state index contributed by atoms with van der Waals surface area (Å²) in [5, 5.41) is 10.8. The van der Waals surface area contributed by atoms with E-state index in [1.54, 1.807) is 23.7 Å². The van der Waals surface area contributed by atoms with Crippen molar-refractivity contribution in [2.45, 2.75) is 24.3 Å². The largest absolute Gasteiger partial charge is 0.385 e. The van der Waals surface area contributed by atoms with Gasteiger partial charge in [0.05, 0.1) is 11.4 Å². The lowest BCUT2D eigenvalue weighted by molar-refractivity contribution is 0.577. The number of fused-ring (bicyclic) bond motifs is 1. The average Bonchev–Trinajstić information content (AvgIpc) is 2.90. The first-order valence-corrected chi connectivity index (χ1v) is 8.24. The minimum absolute atomic E-state index is 0.114. The molecule has 7 nitrogen and oxygen atoms in total. The van der Waals surface area contributed by atoms with Crippen molar-refractivity contribution in [2.24, 2.45) is 7.05 Å². The molecule has 0 saturated heterocycles. The van der Waals surface area contributed by atoms with Crippen LogP contribution in [0, 0.1) is 0 Å². The molecule has 0 fully saturated rings. The maximum atomic E-state index is 12.3. The third-order valence-electron chi connectivity index (χ3n) is 3.56. The van der Waals surface area contributed by atoms with Gasteiger partial charge in [0.25, 0.3) is 0 Å². The van der Waals surface area contributed by atoms with Crippen molar-refractivity contribution in [2.75, 3.05) is 11.9 Å². The molecule has 0 bridgehead atoms. The van der Waals surface area contributed by atoms with Crippen LogP contribution >= 0.6 is 0 Å². The van der Waals surface area contributed by atoms with Crippen LogP contribution in [0.3, 0.4) is 0 Å². The van der Waals surface area contributed by atoms with E-state index >= 15 is 0 Å². The van der Waals surface area contributed by atoms with Gasteiger partial charge in [-0.15, -0.1) is 10.2 Å². The Kier molecular flexibility index (Phi) is 3.64. The summed E-state index contributed by atoms with van der Waals surface area (Å²) >= 11 is 0. The highest BCUT2D eigenvalue weighted by Gasteiger charge is 2.18. The maximum Gasteiger partial charge on any atom is 0.241 e. The molecule has 0 spiro atoms. The van der Waals surface area contributed by atoms with E-state index in [9.17, 15) is 8.42 Å². The van der Waals surface area contributed by atoms with Crippen molar-refractivity contribution in [3.8, 4) is 0 Å². The fourth-order valence-corrected chi connectivity index (χ4v) is 3.32. The van der Waals surface area contributed by atoms with Crippen LogP contribution in [-0.2, 0) is 30.0 Å². The zero-order valence-electron chi connectivity index (χ0n) is 11.7. The molecule has 0 radical (unpaired) electrons. The Morgan fingerprint density at radius 1 is 1.43 bits per heavy atom. The van der Waals surface area contributed by atoms with Gasteiger partial charge in [-0.25, -0.2) is 13.1 Å². The summed E-state index contributed by atoms with van der Waals surface area (Å²) in [5.74, 6) is 0.565. The molecule has 8 heteroatoms. The standard InChI is InChI=1S/C13H17N5O2S/c1-18-9-15-17-13(18)8-16-21(19,20)11-5-4-10-3-2-6-14-12(10)7-11/h4-5,7,9,14,16H,2-3,6,8H2,1H3. The van der Waals surface area contributed by atoms with Gasteiger partial charge in [0.2, 0.25) is 10.0 Å². The lowest BCUT2D eigenvalue weighted by Crippen LogP contribution is -2.25. The first-order valence-electron chi connectivity index (χ1n) is 6.75. The Morgan fingerprint density at radius 2 is 2.29 bits per heavy atom. The van der Waals surface area contributed by atoms with Gasteiger partial charge in [0.1, 0.15) is 12.2 Å². The van der Waals surface area contributed by atoms with E-state index in [0.717, 1.165) is 30.6 Å².